The second-order valence-electron chi connectivity index (χ2n) is 0.447. The number of hydrogen-bond donors (Lipinski definition) is 0. The van der Waals surface area contributed by atoms with Crippen LogP contribution in [-0.2, 0) is 4.57 Å². The number of phosphoric acid groups is 1. The Kier molecular flexibility index (Phi) is 23.9. The molecule has 0 aliphatic heterocycles. The first-order valence-electron chi connectivity index (χ1n) is 0.730. The van der Waals surface area contributed by atoms with Crippen LogP contribution in [0.1, 0.15) is 0 Å². The average molecular weight is 200 g/mol. The van der Waals surface area contributed by atoms with E-state index in [1.807, 2.05) is 0 Å². The van der Waals surface area contributed by atoms with Gasteiger partial charge in [0.2, 0.25) is 0 Å². The monoisotopic (exact) mass is 200 g/mol. The van der Waals surface area contributed by atoms with E-state index < -0.39 is 7.82 Å². The Hall–Kier alpha value is 1.40. The van der Waals surface area contributed by atoms with Crippen LogP contribution in [-0.4, -0.2) is 0 Å². The van der Waals surface area contributed by atoms with Crippen molar-refractivity contribution in [2.45, 2.75) is 0 Å². The Bertz CT molecular complexity index is 54.2. The summed E-state index contributed by atoms with van der Waals surface area (Å²) in [5.74, 6) is 0. The molecule has 0 aromatic carbocycles. The lowest BCUT2D eigenvalue weighted by molar-refractivity contribution is -0.432. The van der Waals surface area contributed by atoms with Crippen molar-refractivity contribution in [2.24, 2.45) is 0 Å². The van der Waals surface area contributed by atoms with E-state index in [0.29, 0.717) is 0 Å². The average Bonchev–Trinajstić information content (AvgIpc) is 0.722. The third-order valence-corrected chi connectivity index (χ3v) is 0. The van der Waals surface area contributed by atoms with Crippen LogP contribution in [0, 0.1) is 0 Å². The Labute approximate surface area is 57.6 Å². The highest BCUT2D eigenvalue weighted by molar-refractivity contribution is 7.40. The molecule has 8 heteroatoms. The molecule has 0 aromatic rings. The summed E-state index contributed by atoms with van der Waals surface area (Å²) in [6, 6.07) is 0. The Morgan fingerprint density at radius 2 is 0.875 bits per heavy atom. The third kappa shape index (κ3) is 155. The van der Waals surface area contributed by atoms with Crippen LogP contribution < -0.4 is 14.7 Å². The molecule has 0 spiro atoms. The minimum atomic E-state index is -5.39. The van der Waals surface area contributed by atoms with Gasteiger partial charge in [0, 0.05) is 0 Å². The molecule has 0 bridgehead atoms. The predicted molar refractivity (Wildman–Crippen MR) is 45.1 cm³/mol. The summed E-state index contributed by atoms with van der Waals surface area (Å²) in [4.78, 5) is 25.6. The fourth-order valence-corrected chi connectivity index (χ4v) is 0. The minimum absolute atomic E-state index is 0. The van der Waals surface area contributed by atoms with Crippen molar-refractivity contribution in [3.63, 3.8) is 0 Å². The summed E-state index contributed by atoms with van der Waals surface area (Å²) in [6.45, 7) is 0. The zero-order valence-corrected chi connectivity index (χ0v) is 12.0. The molecule has 0 rings (SSSR count). The van der Waals surface area contributed by atoms with Gasteiger partial charge in [0.1, 0.15) is 0 Å². The van der Waals surface area contributed by atoms with Crippen LogP contribution in [0.2, 0.25) is 0 Å². The van der Waals surface area contributed by atoms with Crippen molar-refractivity contribution in [3.05, 3.63) is 0 Å². The van der Waals surface area contributed by atoms with E-state index >= 15 is 0 Å². The SMILES string of the molecule is O=P([O-])([O-])[O-].[PH4+].[PH4+].[PH4+]. The lowest BCUT2D eigenvalue weighted by Gasteiger charge is -2.36. The van der Waals surface area contributed by atoms with Gasteiger partial charge < -0.3 is 19.2 Å². The highest BCUT2D eigenvalue weighted by atomic mass is 31.2. The summed E-state index contributed by atoms with van der Waals surface area (Å²) in [5, 5.41) is 0. The maximum absolute atomic E-state index is 8.55. The van der Waals surface area contributed by atoms with E-state index in [0.717, 1.165) is 0 Å². The second-order valence-corrected chi connectivity index (χ2v) is 1.34. The summed E-state index contributed by atoms with van der Waals surface area (Å²) in [7, 11) is -5.39. The highest BCUT2D eigenvalue weighted by Gasteiger charge is 1.44. The van der Waals surface area contributed by atoms with Crippen LogP contribution in [0.4, 0.5) is 0 Å². The molecule has 0 fully saturated rings. The van der Waals surface area contributed by atoms with Gasteiger partial charge in [0.05, 0.1) is 0 Å². The minimum Gasteiger partial charge on any atom is -0.822 e. The molecule has 8 heavy (non-hydrogen) atoms. The van der Waals surface area contributed by atoms with Crippen LogP contribution >= 0.6 is 37.5 Å². The first kappa shape index (κ1) is 22.7. The largest absolute Gasteiger partial charge is 0.822 e. The Morgan fingerprint density at radius 1 is 0.875 bits per heavy atom. The van der Waals surface area contributed by atoms with Gasteiger partial charge in [-0.05, 0) is 29.7 Å². The van der Waals surface area contributed by atoms with Gasteiger partial charge in [0.25, 0.3) is 0 Å². The molecule has 0 saturated heterocycles. The van der Waals surface area contributed by atoms with Gasteiger partial charge in [-0.25, -0.2) is 0 Å². The van der Waals surface area contributed by atoms with Gasteiger partial charge >= 0.3 is 0 Å². The molecule has 56 valence electrons. The standard InChI is InChI=1S/H3O4P.3H3P/c1-5(2,3)4;;;/h(H3,1,2,3,4);3*1H3. The highest BCUT2D eigenvalue weighted by Crippen LogP contribution is 2.03. The van der Waals surface area contributed by atoms with Gasteiger partial charge in [-0.3, -0.25) is 0 Å². The molecule has 4 nitrogen and oxygen atoms in total. The maximum Gasteiger partial charge on any atom is -0.0395 e. The smallest absolute Gasteiger partial charge is 0.0395 e. The third-order valence-electron chi connectivity index (χ3n) is 0. The van der Waals surface area contributed by atoms with Crippen molar-refractivity contribution in [1.82, 2.24) is 0 Å². The van der Waals surface area contributed by atoms with Crippen molar-refractivity contribution in [3.8, 4) is 0 Å². The molecule has 0 aromatic heterocycles. The molecular formula is H12O4P4. The van der Waals surface area contributed by atoms with Gasteiger partial charge in [-0.1, -0.05) is 0 Å². The van der Waals surface area contributed by atoms with Crippen molar-refractivity contribution < 1.29 is 19.2 Å². The maximum atomic E-state index is 8.55. The van der Waals surface area contributed by atoms with Gasteiger partial charge in [-0.2, -0.15) is 7.82 Å². The van der Waals surface area contributed by atoms with Crippen LogP contribution in [0.15, 0.2) is 0 Å². The molecule has 3 atom stereocenters. The molecular weight excluding hydrogens is 188 g/mol. The predicted octanol–water partition coefficient (Wildman–Crippen LogP) is -3.45. The molecule has 3 unspecified atom stereocenters. The molecule has 0 aliphatic carbocycles. The van der Waals surface area contributed by atoms with Crippen molar-refractivity contribution in [2.75, 3.05) is 0 Å². The van der Waals surface area contributed by atoms with E-state index in [-0.39, 0.29) is 29.7 Å². The quantitative estimate of drug-likeness (QED) is 0.380. The van der Waals surface area contributed by atoms with E-state index in [1.54, 1.807) is 0 Å². The van der Waals surface area contributed by atoms with E-state index in [9.17, 15) is 0 Å². The van der Waals surface area contributed by atoms with Crippen LogP contribution in [0.3, 0.4) is 0 Å². The first-order chi connectivity index (χ1) is 2.00. The molecule has 0 aliphatic rings. The number of hydrogen-bond acceptors (Lipinski definition) is 4. The van der Waals surface area contributed by atoms with Crippen LogP contribution in [0.5, 0.6) is 0 Å². The lowest BCUT2D eigenvalue weighted by atomic mass is 15.8. The fourth-order valence-electron chi connectivity index (χ4n) is 0. The van der Waals surface area contributed by atoms with E-state index in [2.05, 4.69) is 0 Å². The van der Waals surface area contributed by atoms with Crippen molar-refractivity contribution in [1.29, 1.82) is 0 Å². The van der Waals surface area contributed by atoms with E-state index in [1.165, 1.54) is 0 Å². The zero-order chi connectivity index (χ0) is 4.50. The van der Waals surface area contributed by atoms with Gasteiger partial charge in [0.15, 0.2) is 0 Å². The summed E-state index contributed by atoms with van der Waals surface area (Å²) < 4.78 is 8.55. The topological polar surface area (TPSA) is 86.2 Å². The first-order valence-corrected chi connectivity index (χ1v) is 2.19. The summed E-state index contributed by atoms with van der Waals surface area (Å²) in [5.41, 5.74) is 0. The summed E-state index contributed by atoms with van der Waals surface area (Å²) >= 11 is 0. The van der Waals surface area contributed by atoms with Gasteiger partial charge in [-0.15, -0.1) is 0 Å². The lowest BCUT2D eigenvalue weighted by Crippen LogP contribution is -2.24. The fraction of sp³-hybridized carbons (Fsp3) is 0. The molecule has 0 N–H and O–H groups in total. The Balaban J connectivity index is -0.0000000267. The molecule has 0 saturated carbocycles. The van der Waals surface area contributed by atoms with Crippen molar-refractivity contribution >= 4 is 37.5 Å². The number of rotatable bonds is 0. The summed E-state index contributed by atoms with van der Waals surface area (Å²) in [6.07, 6.45) is 0. The molecule has 0 heterocycles. The van der Waals surface area contributed by atoms with E-state index in [4.69, 9.17) is 19.2 Å². The normalized spacial score (nSPS) is 7.38. The Morgan fingerprint density at radius 3 is 0.875 bits per heavy atom. The zero-order valence-electron chi connectivity index (χ0n) is 5.08. The second kappa shape index (κ2) is 8.40. The molecule has 0 radical (unpaired) electrons. The van der Waals surface area contributed by atoms with Crippen LogP contribution in [0.25, 0.3) is 0 Å². The molecule has 0 amide bonds.